The number of nitrogens with one attached hydrogen (secondary N) is 1. The van der Waals surface area contributed by atoms with E-state index in [4.69, 9.17) is 0 Å². The molecule has 0 saturated carbocycles. The molecule has 1 unspecified atom stereocenters. The van der Waals surface area contributed by atoms with Crippen molar-refractivity contribution in [2.45, 2.75) is 45.7 Å². The van der Waals surface area contributed by atoms with Crippen molar-refractivity contribution in [3.63, 3.8) is 0 Å². The molecule has 0 aromatic carbocycles. The largest absolute Gasteiger partial charge is 0.309 e. The zero-order valence-corrected chi connectivity index (χ0v) is 11.9. The molecule has 18 heavy (non-hydrogen) atoms. The molecule has 4 heteroatoms. The minimum Gasteiger partial charge on any atom is -0.309 e. The maximum Gasteiger partial charge on any atom is 0.0666 e. The van der Waals surface area contributed by atoms with E-state index in [-0.39, 0.29) is 0 Å². The standard InChI is InChI=1S/C14H26N4/c1-4-14-13(11-17(3)16-14)9-15-12(2)10-18-7-5-6-8-18/h11-12,15H,4-10H2,1-3H3. The SMILES string of the molecule is CCc1nn(C)cc1CNC(C)CN1CCCC1. The topological polar surface area (TPSA) is 33.1 Å². The van der Waals surface area contributed by atoms with Gasteiger partial charge >= 0.3 is 0 Å². The Hall–Kier alpha value is -0.870. The first-order valence-corrected chi connectivity index (χ1v) is 7.16. The first kappa shape index (κ1) is 13.6. The quantitative estimate of drug-likeness (QED) is 0.831. The third-order valence-corrected chi connectivity index (χ3v) is 3.70. The van der Waals surface area contributed by atoms with E-state index in [2.05, 4.69) is 35.4 Å². The van der Waals surface area contributed by atoms with Gasteiger partial charge in [0.15, 0.2) is 0 Å². The Morgan fingerprint density at radius 2 is 2.11 bits per heavy atom. The van der Waals surface area contributed by atoms with Gasteiger partial charge in [-0.05, 0) is 39.3 Å². The number of hydrogen-bond donors (Lipinski definition) is 1. The Labute approximate surface area is 110 Å². The van der Waals surface area contributed by atoms with Crippen LogP contribution >= 0.6 is 0 Å². The van der Waals surface area contributed by atoms with Gasteiger partial charge in [0.25, 0.3) is 0 Å². The van der Waals surface area contributed by atoms with Crippen molar-refractivity contribution in [1.82, 2.24) is 20.0 Å². The van der Waals surface area contributed by atoms with Crippen LogP contribution in [0.4, 0.5) is 0 Å². The van der Waals surface area contributed by atoms with Crippen molar-refractivity contribution in [2.24, 2.45) is 7.05 Å². The van der Waals surface area contributed by atoms with Crippen LogP contribution in [0.15, 0.2) is 6.20 Å². The second-order valence-corrected chi connectivity index (χ2v) is 5.42. The highest BCUT2D eigenvalue weighted by Gasteiger charge is 2.14. The van der Waals surface area contributed by atoms with Crippen LogP contribution in [0.2, 0.25) is 0 Å². The van der Waals surface area contributed by atoms with Crippen molar-refractivity contribution in [1.29, 1.82) is 0 Å². The molecular weight excluding hydrogens is 224 g/mol. The lowest BCUT2D eigenvalue weighted by Crippen LogP contribution is -2.37. The Morgan fingerprint density at radius 3 is 2.78 bits per heavy atom. The number of aromatic nitrogens is 2. The predicted molar refractivity (Wildman–Crippen MR) is 74.6 cm³/mol. The van der Waals surface area contributed by atoms with E-state index in [1.807, 2.05) is 11.7 Å². The molecule has 102 valence electrons. The van der Waals surface area contributed by atoms with E-state index in [0.29, 0.717) is 6.04 Å². The Balaban J connectivity index is 1.79. The Bertz CT molecular complexity index is 366. The van der Waals surface area contributed by atoms with Crippen LogP contribution in [0.3, 0.4) is 0 Å². The molecule has 2 heterocycles. The van der Waals surface area contributed by atoms with E-state index in [1.165, 1.54) is 43.7 Å². The first-order chi connectivity index (χ1) is 8.69. The van der Waals surface area contributed by atoms with Crippen LogP contribution in [0.5, 0.6) is 0 Å². The normalized spacial score (nSPS) is 18.4. The summed E-state index contributed by atoms with van der Waals surface area (Å²) in [6, 6.07) is 0.549. The van der Waals surface area contributed by atoms with Gasteiger partial charge in [-0.3, -0.25) is 4.68 Å². The lowest BCUT2D eigenvalue weighted by Gasteiger charge is -2.21. The molecule has 1 aromatic rings. The summed E-state index contributed by atoms with van der Waals surface area (Å²) in [6.07, 6.45) is 5.89. The maximum absolute atomic E-state index is 4.48. The van der Waals surface area contributed by atoms with Gasteiger partial charge in [-0.2, -0.15) is 5.10 Å². The number of rotatable bonds is 6. The van der Waals surface area contributed by atoms with Crippen LogP contribution < -0.4 is 5.32 Å². The number of aryl methyl sites for hydroxylation is 2. The van der Waals surface area contributed by atoms with Crippen molar-refractivity contribution < 1.29 is 0 Å². The molecule has 1 aliphatic rings. The molecule has 1 aromatic heterocycles. The van der Waals surface area contributed by atoms with Crippen molar-refractivity contribution >= 4 is 0 Å². The second kappa shape index (κ2) is 6.34. The van der Waals surface area contributed by atoms with Crippen molar-refractivity contribution in [3.05, 3.63) is 17.5 Å². The number of hydrogen-bond acceptors (Lipinski definition) is 3. The fourth-order valence-corrected chi connectivity index (χ4v) is 2.73. The van der Waals surface area contributed by atoms with Gasteiger partial charge in [-0.25, -0.2) is 0 Å². The van der Waals surface area contributed by atoms with Crippen molar-refractivity contribution in [2.75, 3.05) is 19.6 Å². The Kier molecular flexibility index (Phi) is 4.78. The summed E-state index contributed by atoms with van der Waals surface area (Å²) in [7, 11) is 2.00. The van der Waals surface area contributed by atoms with Gasteiger partial charge in [0.1, 0.15) is 0 Å². The summed E-state index contributed by atoms with van der Waals surface area (Å²) in [5.41, 5.74) is 2.56. The number of nitrogens with zero attached hydrogens (tertiary/aromatic N) is 3. The van der Waals surface area contributed by atoms with Gasteiger partial charge in [-0.1, -0.05) is 6.92 Å². The van der Waals surface area contributed by atoms with E-state index >= 15 is 0 Å². The molecule has 1 saturated heterocycles. The predicted octanol–water partition coefficient (Wildman–Crippen LogP) is 1.56. The highest BCUT2D eigenvalue weighted by atomic mass is 15.3. The molecular formula is C14H26N4. The first-order valence-electron chi connectivity index (χ1n) is 7.16. The molecule has 0 aliphatic carbocycles. The summed E-state index contributed by atoms with van der Waals surface area (Å²) in [5.74, 6) is 0. The van der Waals surface area contributed by atoms with E-state index in [1.54, 1.807) is 0 Å². The van der Waals surface area contributed by atoms with Crippen LogP contribution in [0, 0.1) is 0 Å². The lowest BCUT2D eigenvalue weighted by molar-refractivity contribution is 0.298. The van der Waals surface area contributed by atoms with Crippen LogP contribution in [0.1, 0.15) is 37.9 Å². The molecule has 0 amide bonds. The number of likely N-dealkylation sites (tertiary alicyclic amines) is 1. The zero-order valence-electron chi connectivity index (χ0n) is 11.9. The zero-order chi connectivity index (χ0) is 13.0. The highest BCUT2D eigenvalue weighted by Crippen LogP contribution is 2.09. The fourth-order valence-electron chi connectivity index (χ4n) is 2.73. The van der Waals surface area contributed by atoms with Crippen LogP contribution in [-0.2, 0) is 20.0 Å². The van der Waals surface area contributed by atoms with Gasteiger partial charge in [0.2, 0.25) is 0 Å². The summed E-state index contributed by atoms with van der Waals surface area (Å²) in [5, 5.41) is 8.10. The van der Waals surface area contributed by atoms with E-state index in [0.717, 1.165) is 13.0 Å². The molecule has 1 atom stereocenters. The third kappa shape index (κ3) is 3.56. The summed E-state index contributed by atoms with van der Waals surface area (Å²) in [4.78, 5) is 2.56. The molecule has 0 bridgehead atoms. The van der Waals surface area contributed by atoms with Gasteiger partial charge in [-0.15, -0.1) is 0 Å². The Morgan fingerprint density at radius 1 is 1.39 bits per heavy atom. The van der Waals surface area contributed by atoms with Gasteiger partial charge < -0.3 is 10.2 Å². The average Bonchev–Trinajstić information content (AvgIpc) is 2.95. The molecule has 0 spiro atoms. The minimum absolute atomic E-state index is 0.549. The highest BCUT2D eigenvalue weighted by molar-refractivity contribution is 5.16. The minimum atomic E-state index is 0.549. The van der Waals surface area contributed by atoms with Gasteiger partial charge in [0, 0.05) is 37.9 Å². The molecule has 4 nitrogen and oxygen atoms in total. The average molecular weight is 250 g/mol. The van der Waals surface area contributed by atoms with E-state index < -0.39 is 0 Å². The third-order valence-electron chi connectivity index (χ3n) is 3.70. The lowest BCUT2D eigenvalue weighted by atomic mass is 10.2. The fraction of sp³-hybridized carbons (Fsp3) is 0.786. The molecule has 0 radical (unpaired) electrons. The van der Waals surface area contributed by atoms with Gasteiger partial charge in [0.05, 0.1) is 5.69 Å². The summed E-state index contributed by atoms with van der Waals surface area (Å²) >= 11 is 0. The second-order valence-electron chi connectivity index (χ2n) is 5.42. The molecule has 2 rings (SSSR count). The monoisotopic (exact) mass is 250 g/mol. The molecule has 1 fully saturated rings. The smallest absolute Gasteiger partial charge is 0.0666 e. The summed E-state index contributed by atoms with van der Waals surface area (Å²) < 4.78 is 1.92. The van der Waals surface area contributed by atoms with Crippen LogP contribution in [0.25, 0.3) is 0 Å². The van der Waals surface area contributed by atoms with E-state index in [9.17, 15) is 0 Å². The molecule has 1 N–H and O–H groups in total. The van der Waals surface area contributed by atoms with Crippen molar-refractivity contribution in [3.8, 4) is 0 Å². The maximum atomic E-state index is 4.48. The van der Waals surface area contributed by atoms with Crippen LogP contribution in [-0.4, -0.2) is 40.4 Å². The summed E-state index contributed by atoms with van der Waals surface area (Å²) in [6.45, 7) is 9.10. The molecule has 1 aliphatic heterocycles.